The summed E-state index contributed by atoms with van der Waals surface area (Å²) < 4.78 is 24.9. The number of ether oxygens (including phenoxy) is 2. The third kappa shape index (κ3) is 4.08. The van der Waals surface area contributed by atoms with Gasteiger partial charge in [-0.05, 0) is 42.5 Å². The fourth-order valence-corrected chi connectivity index (χ4v) is 3.10. The highest BCUT2D eigenvalue weighted by molar-refractivity contribution is 5.92. The average Bonchev–Trinajstić information content (AvgIpc) is 3.23. The lowest BCUT2D eigenvalue weighted by Crippen LogP contribution is -2.22. The monoisotopic (exact) mass is 423 g/mol. The fraction of sp³-hybridized carbons (Fsp3) is 0.143. The number of benzene rings is 2. The van der Waals surface area contributed by atoms with E-state index >= 15 is 0 Å². The van der Waals surface area contributed by atoms with Gasteiger partial charge in [0.25, 0.3) is 5.56 Å². The van der Waals surface area contributed by atoms with E-state index < -0.39 is 5.56 Å². The molecule has 9 nitrogen and oxygen atoms in total. The first-order chi connectivity index (χ1) is 15.0. The Hall–Kier alpha value is -4.21. The molecule has 10 heteroatoms. The minimum absolute atomic E-state index is 0.147. The maximum atomic E-state index is 13.2. The topological polar surface area (TPSA) is 111 Å². The molecule has 1 amide bonds. The Labute approximate surface area is 175 Å². The van der Waals surface area contributed by atoms with Crippen LogP contribution in [0.2, 0.25) is 0 Å². The predicted octanol–water partition coefficient (Wildman–Crippen LogP) is 2.42. The average molecular weight is 423 g/mol. The molecule has 0 radical (unpaired) electrons. The summed E-state index contributed by atoms with van der Waals surface area (Å²) >= 11 is 0. The standard InChI is InChI=1S/C21H18FN5O4/c1-30-17-8-7-14(9-18(17)31-2)23-20(28)11-19-24-25-21(29)16-10-15(26-27(16)19)12-3-5-13(22)6-4-12/h3-10H,11H2,1-2H3,(H,23,28)(H,25,29). The van der Waals surface area contributed by atoms with Crippen LogP contribution in [0.1, 0.15) is 5.82 Å². The van der Waals surface area contributed by atoms with Gasteiger partial charge in [0, 0.05) is 17.3 Å². The number of aromatic amines is 1. The molecule has 4 aromatic rings. The van der Waals surface area contributed by atoms with Crippen LogP contribution < -0.4 is 20.3 Å². The van der Waals surface area contributed by atoms with Gasteiger partial charge in [-0.1, -0.05) is 0 Å². The van der Waals surface area contributed by atoms with Gasteiger partial charge in [0.15, 0.2) is 17.3 Å². The SMILES string of the molecule is COc1ccc(NC(=O)Cc2n[nH]c(=O)c3cc(-c4ccc(F)cc4)nn23)cc1OC. The molecule has 2 heterocycles. The van der Waals surface area contributed by atoms with E-state index in [4.69, 9.17) is 9.47 Å². The number of methoxy groups -OCH3 is 2. The van der Waals surface area contributed by atoms with Crippen molar-refractivity contribution in [3.63, 3.8) is 0 Å². The number of amides is 1. The number of carbonyl (C=O) groups is 1. The number of aromatic nitrogens is 4. The number of H-pyrrole nitrogens is 1. The molecule has 31 heavy (non-hydrogen) atoms. The number of nitrogens with one attached hydrogen (secondary N) is 2. The van der Waals surface area contributed by atoms with Gasteiger partial charge in [0.2, 0.25) is 5.91 Å². The summed E-state index contributed by atoms with van der Waals surface area (Å²) in [4.78, 5) is 24.8. The van der Waals surface area contributed by atoms with Crippen LogP contribution in [0.25, 0.3) is 16.8 Å². The Balaban J connectivity index is 1.61. The third-order valence-electron chi connectivity index (χ3n) is 4.60. The van der Waals surface area contributed by atoms with Crippen molar-refractivity contribution in [3.05, 3.63) is 70.5 Å². The van der Waals surface area contributed by atoms with Crippen molar-refractivity contribution in [2.45, 2.75) is 6.42 Å². The van der Waals surface area contributed by atoms with Crippen LogP contribution in [0, 0.1) is 5.82 Å². The molecular formula is C21H18FN5O4. The minimum Gasteiger partial charge on any atom is -0.493 e. The van der Waals surface area contributed by atoms with Crippen LogP contribution in [0.4, 0.5) is 10.1 Å². The zero-order valence-corrected chi connectivity index (χ0v) is 16.7. The normalized spacial score (nSPS) is 10.8. The molecule has 0 saturated carbocycles. The van der Waals surface area contributed by atoms with E-state index in [1.54, 1.807) is 36.4 Å². The molecule has 0 bridgehead atoms. The van der Waals surface area contributed by atoms with Crippen molar-refractivity contribution >= 4 is 17.1 Å². The van der Waals surface area contributed by atoms with Crippen molar-refractivity contribution < 1.29 is 18.7 Å². The fourth-order valence-electron chi connectivity index (χ4n) is 3.10. The number of hydrogen-bond acceptors (Lipinski definition) is 6. The Morgan fingerprint density at radius 2 is 1.84 bits per heavy atom. The number of fused-ring (bicyclic) bond motifs is 1. The second kappa shape index (κ2) is 8.27. The molecule has 2 N–H and O–H groups in total. The Morgan fingerprint density at radius 3 is 2.55 bits per heavy atom. The molecule has 2 aromatic carbocycles. The highest BCUT2D eigenvalue weighted by Gasteiger charge is 2.15. The van der Waals surface area contributed by atoms with Crippen molar-refractivity contribution in [3.8, 4) is 22.8 Å². The van der Waals surface area contributed by atoms with Gasteiger partial charge in [-0.2, -0.15) is 10.2 Å². The number of rotatable bonds is 6. The number of nitrogens with zero attached hydrogens (tertiary/aromatic N) is 3. The van der Waals surface area contributed by atoms with Crippen LogP contribution >= 0.6 is 0 Å². The van der Waals surface area contributed by atoms with Gasteiger partial charge in [-0.15, -0.1) is 0 Å². The first-order valence-electron chi connectivity index (χ1n) is 9.23. The van der Waals surface area contributed by atoms with Crippen molar-refractivity contribution in [2.24, 2.45) is 0 Å². The molecule has 0 aliphatic heterocycles. The van der Waals surface area contributed by atoms with E-state index in [0.29, 0.717) is 28.4 Å². The lowest BCUT2D eigenvalue weighted by Gasteiger charge is -2.10. The molecule has 0 aliphatic carbocycles. The second-order valence-corrected chi connectivity index (χ2v) is 6.60. The van der Waals surface area contributed by atoms with Gasteiger partial charge in [0.05, 0.1) is 26.3 Å². The molecule has 4 rings (SSSR count). The van der Waals surface area contributed by atoms with Crippen LogP contribution in [0.3, 0.4) is 0 Å². The second-order valence-electron chi connectivity index (χ2n) is 6.60. The molecule has 0 spiro atoms. The van der Waals surface area contributed by atoms with E-state index in [9.17, 15) is 14.0 Å². The number of hydrogen-bond donors (Lipinski definition) is 2. The molecule has 158 valence electrons. The Kier molecular flexibility index (Phi) is 5.35. The molecule has 2 aromatic heterocycles. The smallest absolute Gasteiger partial charge is 0.290 e. The van der Waals surface area contributed by atoms with Gasteiger partial charge < -0.3 is 14.8 Å². The first-order valence-corrected chi connectivity index (χ1v) is 9.23. The summed E-state index contributed by atoms with van der Waals surface area (Å²) in [5.41, 5.74) is 1.37. The van der Waals surface area contributed by atoms with Crippen LogP contribution in [-0.2, 0) is 11.2 Å². The highest BCUT2D eigenvalue weighted by Crippen LogP contribution is 2.29. The summed E-state index contributed by atoms with van der Waals surface area (Å²) in [6, 6.07) is 12.3. The van der Waals surface area contributed by atoms with E-state index in [0.717, 1.165) is 0 Å². The highest BCUT2D eigenvalue weighted by atomic mass is 19.1. The van der Waals surface area contributed by atoms with Crippen molar-refractivity contribution in [1.82, 2.24) is 19.8 Å². The van der Waals surface area contributed by atoms with Crippen LogP contribution in [0.5, 0.6) is 11.5 Å². The van der Waals surface area contributed by atoms with E-state index in [1.807, 2.05) is 0 Å². The van der Waals surface area contributed by atoms with Crippen molar-refractivity contribution in [1.29, 1.82) is 0 Å². The van der Waals surface area contributed by atoms with E-state index in [2.05, 4.69) is 20.6 Å². The van der Waals surface area contributed by atoms with E-state index in [-0.39, 0.29) is 29.5 Å². The molecular weight excluding hydrogens is 405 g/mol. The van der Waals surface area contributed by atoms with Gasteiger partial charge in [-0.25, -0.2) is 14.0 Å². The number of halogens is 1. The zero-order valence-electron chi connectivity index (χ0n) is 16.7. The molecule has 0 aliphatic rings. The quantitative estimate of drug-likeness (QED) is 0.493. The lowest BCUT2D eigenvalue weighted by molar-refractivity contribution is -0.115. The Bertz CT molecular complexity index is 1310. The van der Waals surface area contributed by atoms with Gasteiger partial charge >= 0.3 is 0 Å². The maximum Gasteiger partial charge on any atom is 0.290 e. The third-order valence-corrected chi connectivity index (χ3v) is 4.60. The van der Waals surface area contributed by atoms with Crippen LogP contribution in [-0.4, -0.2) is 39.9 Å². The minimum atomic E-state index is -0.454. The molecule has 0 atom stereocenters. The molecule has 0 saturated heterocycles. The van der Waals surface area contributed by atoms with Crippen molar-refractivity contribution in [2.75, 3.05) is 19.5 Å². The predicted molar refractivity (Wildman–Crippen MR) is 111 cm³/mol. The lowest BCUT2D eigenvalue weighted by atomic mass is 10.1. The number of anilines is 1. The van der Waals surface area contributed by atoms with Gasteiger partial charge in [-0.3, -0.25) is 9.59 Å². The molecule has 0 fully saturated rings. The summed E-state index contributed by atoms with van der Waals surface area (Å²) in [5.74, 6) is 0.502. The van der Waals surface area contributed by atoms with E-state index in [1.165, 1.54) is 30.9 Å². The van der Waals surface area contributed by atoms with Gasteiger partial charge in [0.1, 0.15) is 11.3 Å². The zero-order chi connectivity index (χ0) is 22.0. The summed E-state index contributed by atoms with van der Waals surface area (Å²) in [7, 11) is 3.02. The first kappa shape index (κ1) is 20.1. The Morgan fingerprint density at radius 1 is 1.10 bits per heavy atom. The maximum absolute atomic E-state index is 13.2. The summed E-state index contributed by atoms with van der Waals surface area (Å²) in [5, 5.41) is 13.5. The summed E-state index contributed by atoms with van der Waals surface area (Å²) in [6.07, 6.45) is -0.147. The molecule has 0 unspecified atom stereocenters. The van der Waals surface area contributed by atoms with Crippen LogP contribution in [0.15, 0.2) is 53.3 Å². The number of carbonyl (C=O) groups excluding carboxylic acids is 1. The largest absolute Gasteiger partial charge is 0.493 e. The summed E-state index contributed by atoms with van der Waals surface area (Å²) in [6.45, 7) is 0.